The van der Waals surface area contributed by atoms with E-state index >= 15 is 0 Å². The summed E-state index contributed by atoms with van der Waals surface area (Å²) in [7, 11) is 0. The number of hydrogen-bond acceptors (Lipinski definition) is 3. The predicted molar refractivity (Wildman–Crippen MR) is 79.8 cm³/mol. The summed E-state index contributed by atoms with van der Waals surface area (Å²) in [6.45, 7) is 3.22. The van der Waals surface area contributed by atoms with Crippen molar-refractivity contribution in [2.75, 3.05) is 19.3 Å². The number of carbonyl (C=O) groups is 1. The summed E-state index contributed by atoms with van der Waals surface area (Å²) in [5, 5.41) is 9.62. The Kier molecular flexibility index (Phi) is 5.28. The molecular weight excluding hydrogens is 258 g/mol. The summed E-state index contributed by atoms with van der Waals surface area (Å²) in [5.41, 5.74) is 1.56. The Hall–Kier alpha value is -1.00. The third-order valence-corrected chi connectivity index (χ3v) is 4.70. The topological polar surface area (TPSA) is 40.5 Å². The van der Waals surface area contributed by atoms with Crippen molar-refractivity contribution in [2.45, 2.75) is 31.1 Å². The van der Waals surface area contributed by atoms with Crippen molar-refractivity contribution in [3.05, 3.63) is 35.4 Å². The van der Waals surface area contributed by atoms with Crippen LogP contribution in [0.5, 0.6) is 0 Å². The van der Waals surface area contributed by atoms with Gasteiger partial charge in [0.15, 0.2) is 0 Å². The maximum Gasteiger partial charge on any atom is 0.335 e. The molecule has 0 spiro atoms. The van der Waals surface area contributed by atoms with E-state index < -0.39 is 5.97 Å². The predicted octanol–water partition coefficient (Wildman–Crippen LogP) is 3.10. The quantitative estimate of drug-likeness (QED) is 0.919. The lowest BCUT2D eigenvalue weighted by Crippen LogP contribution is -2.29. The Balaban J connectivity index is 1.97. The van der Waals surface area contributed by atoms with E-state index in [0.717, 1.165) is 24.9 Å². The van der Waals surface area contributed by atoms with Gasteiger partial charge in [-0.15, -0.1) is 0 Å². The second-order valence-corrected chi connectivity index (χ2v) is 6.23. The van der Waals surface area contributed by atoms with Gasteiger partial charge in [-0.3, -0.25) is 4.90 Å². The molecule has 3 nitrogen and oxygen atoms in total. The summed E-state index contributed by atoms with van der Waals surface area (Å²) in [6.07, 6.45) is 6.09. The summed E-state index contributed by atoms with van der Waals surface area (Å²) >= 11 is 1.96. The molecule has 4 heteroatoms. The van der Waals surface area contributed by atoms with Crippen LogP contribution in [0.15, 0.2) is 24.3 Å². The maximum absolute atomic E-state index is 10.8. The molecule has 0 saturated carbocycles. The molecule has 1 unspecified atom stereocenters. The fraction of sp³-hybridized carbons (Fsp3) is 0.533. The first kappa shape index (κ1) is 14.4. The normalized spacial score (nSPS) is 21.0. The van der Waals surface area contributed by atoms with Crippen molar-refractivity contribution in [3.63, 3.8) is 0 Å². The van der Waals surface area contributed by atoms with Crippen molar-refractivity contribution < 1.29 is 9.90 Å². The van der Waals surface area contributed by atoms with Gasteiger partial charge in [-0.25, -0.2) is 4.79 Å². The highest BCUT2D eigenvalue weighted by atomic mass is 32.2. The molecule has 19 heavy (non-hydrogen) atoms. The SMILES string of the molecule is CSC1CCCCN(Cc2ccc(C(=O)O)cc2)C1. The largest absolute Gasteiger partial charge is 0.478 e. The number of nitrogens with zero attached hydrogens (tertiary/aromatic N) is 1. The Labute approximate surface area is 119 Å². The zero-order valence-corrected chi connectivity index (χ0v) is 12.2. The molecular formula is C15H21NO2S. The molecule has 1 fully saturated rings. The van der Waals surface area contributed by atoms with E-state index in [0.29, 0.717) is 5.56 Å². The van der Waals surface area contributed by atoms with Crippen LogP contribution in [-0.4, -0.2) is 40.6 Å². The molecule has 0 aromatic heterocycles. The Morgan fingerprint density at radius 3 is 2.74 bits per heavy atom. The van der Waals surface area contributed by atoms with Gasteiger partial charge in [-0.1, -0.05) is 18.6 Å². The van der Waals surface area contributed by atoms with E-state index in [1.807, 2.05) is 23.9 Å². The van der Waals surface area contributed by atoms with Crippen LogP contribution in [0, 0.1) is 0 Å². The molecule has 0 amide bonds. The lowest BCUT2D eigenvalue weighted by Gasteiger charge is -2.23. The third-order valence-electron chi connectivity index (χ3n) is 3.65. The van der Waals surface area contributed by atoms with Crippen LogP contribution in [0.25, 0.3) is 0 Å². The van der Waals surface area contributed by atoms with Crippen LogP contribution in [0.2, 0.25) is 0 Å². The van der Waals surface area contributed by atoms with Crippen molar-refractivity contribution in [3.8, 4) is 0 Å². The zero-order valence-electron chi connectivity index (χ0n) is 11.3. The average Bonchev–Trinajstić information content (AvgIpc) is 2.64. The number of likely N-dealkylation sites (tertiary alicyclic amines) is 1. The number of benzene rings is 1. The van der Waals surface area contributed by atoms with Crippen LogP contribution in [-0.2, 0) is 6.54 Å². The molecule has 104 valence electrons. The fourth-order valence-corrected chi connectivity index (χ4v) is 3.29. The minimum Gasteiger partial charge on any atom is -0.478 e. The molecule has 0 radical (unpaired) electrons. The molecule has 1 aliphatic rings. The number of thioether (sulfide) groups is 1. The molecule has 1 aliphatic heterocycles. The number of carboxylic acid groups (broad SMARTS) is 1. The minimum absolute atomic E-state index is 0.363. The number of rotatable bonds is 4. The van der Waals surface area contributed by atoms with E-state index in [9.17, 15) is 4.79 Å². The highest BCUT2D eigenvalue weighted by Gasteiger charge is 2.17. The smallest absolute Gasteiger partial charge is 0.335 e. The highest BCUT2D eigenvalue weighted by molar-refractivity contribution is 7.99. The first-order valence-corrected chi connectivity index (χ1v) is 8.05. The summed E-state index contributed by atoms with van der Waals surface area (Å²) in [6, 6.07) is 7.26. The van der Waals surface area contributed by atoms with Crippen LogP contribution in [0.4, 0.5) is 0 Å². The van der Waals surface area contributed by atoms with E-state index in [1.54, 1.807) is 12.1 Å². The first-order chi connectivity index (χ1) is 9.19. The van der Waals surface area contributed by atoms with E-state index in [2.05, 4.69) is 11.2 Å². The molecule has 0 bridgehead atoms. The molecule has 1 aromatic rings. The van der Waals surface area contributed by atoms with Gasteiger partial charge in [0.25, 0.3) is 0 Å². The summed E-state index contributed by atoms with van der Waals surface area (Å²) in [5.74, 6) is -0.858. The fourth-order valence-electron chi connectivity index (χ4n) is 2.52. The molecule has 2 rings (SSSR count). The van der Waals surface area contributed by atoms with E-state index in [1.165, 1.54) is 24.8 Å². The highest BCUT2D eigenvalue weighted by Crippen LogP contribution is 2.21. The molecule has 0 aliphatic carbocycles. The molecule has 1 aromatic carbocycles. The van der Waals surface area contributed by atoms with Gasteiger partial charge >= 0.3 is 5.97 Å². The van der Waals surface area contributed by atoms with Crippen LogP contribution >= 0.6 is 11.8 Å². The van der Waals surface area contributed by atoms with Gasteiger partial charge in [-0.2, -0.15) is 11.8 Å². The standard InChI is InChI=1S/C15H21NO2S/c1-19-14-4-2-3-9-16(11-14)10-12-5-7-13(8-6-12)15(17)18/h5-8,14H,2-4,9-11H2,1H3,(H,17,18). The van der Waals surface area contributed by atoms with Gasteiger partial charge in [0.1, 0.15) is 0 Å². The van der Waals surface area contributed by atoms with E-state index in [-0.39, 0.29) is 0 Å². The average molecular weight is 279 g/mol. The van der Waals surface area contributed by atoms with Crippen molar-refractivity contribution in [1.29, 1.82) is 0 Å². The molecule has 1 saturated heterocycles. The molecule has 1 atom stereocenters. The zero-order chi connectivity index (χ0) is 13.7. The van der Waals surface area contributed by atoms with Crippen molar-refractivity contribution >= 4 is 17.7 Å². The van der Waals surface area contributed by atoms with Crippen LogP contribution < -0.4 is 0 Å². The maximum atomic E-state index is 10.8. The van der Waals surface area contributed by atoms with Crippen LogP contribution in [0.3, 0.4) is 0 Å². The summed E-state index contributed by atoms with van der Waals surface area (Å²) in [4.78, 5) is 13.3. The number of carboxylic acids is 1. The number of aromatic carboxylic acids is 1. The summed E-state index contributed by atoms with van der Waals surface area (Å²) < 4.78 is 0. The Morgan fingerprint density at radius 2 is 2.11 bits per heavy atom. The lowest BCUT2D eigenvalue weighted by atomic mass is 10.1. The van der Waals surface area contributed by atoms with Gasteiger partial charge < -0.3 is 5.11 Å². The van der Waals surface area contributed by atoms with Crippen molar-refractivity contribution in [2.24, 2.45) is 0 Å². The van der Waals surface area contributed by atoms with Crippen LogP contribution in [0.1, 0.15) is 35.2 Å². The van der Waals surface area contributed by atoms with Crippen molar-refractivity contribution in [1.82, 2.24) is 4.90 Å². The second-order valence-electron chi connectivity index (χ2n) is 5.09. The first-order valence-electron chi connectivity index (χ1n) is 6.76. The number of hydrogen-bond donors (Lipinski definition) is 1. The van der Waals surface area contributed by atoms with Gasteiger partial charge in [0.05, 0.1) is 5.56 Å². The lowest BCUT2D eigenvalue weighted by molar-refractivity contribution is 0.0697. The minimum atomic E-state index is -0.858. The van der Waals surface area contributed by atoms with E-state index in [4.69, 9.17) is 5.11 Å². The van der Waals surface area contributed by atoms with Gasteiger partial charge in [-0.05, 0) is 43.3 Å². The Bertz CT molecular complexity index is 419. The second kappa shape index (κ2) is 6.96. The molecule has 1 heterocycles. The van der Waals surface area contributed by atoms with Gasteiger partial charge in [0, 0.05) is 18.3 Å². The third kappa shape index (κ3) is 4.25. The monoisotopic (exact) mass is 279 g/mol. The van der Waals surface area contributed by atoms with Gasteiger partial charge in [0.2, 0.25) is 0 Å². The Morgan fingerprint density at radius 1 is 1.37 bits per heavy atom. The molecule has 1 N–H and O–H groups in total.